The van der Waals surface area contributed by atoms with E-state index in [0.29, 0.717) is 34.8 Å². The van der Waals surface area contributed by atoms with Gasteiger partial charge in [-0.2, -0.15) is 5.10 Å². The summed E-state index contributed by atoms with van der Waals surface area (Å²) >= 11 is 6.74. The Kier molecular flexibility index (Phi) is 8.62. The number of hydrogen-bond donors (Lipinski definition) is 1. The Morgan fingerprint density at radius 2 is 1.64 bits per heavy atom. The fourth-order valence-corrected chi connectivity index (χ4v) is 3.52. The quantitative estimate of drug-likeness (QED) is 0.163. The second kappa shape index (κ2) is 11.6. The molecule has 0 spiro atoms. The van der Waals surface area contributed by atoms with Gasteiger partial charge in [-0.3, -0.25) is 4.79 Å². The highest BCUT2D eigenvalue weighted by Crippen LogP contribution is 2.25. The SMILES string of the molecule is CCOc1ccc(Br)cc1C(=O)N/N=C\c1cc(Br)ccc1OC(=O)c1ccc(OC)cc1. The number of benzene rings is 3. The van der Waals surface area contributed by atoms with Gasteiger partial charge < -0.3 is 14.2 Å². The Balaban J connectivity index is 1.76. The van der Waals surface area contributed by atoms with Gasteiger partial charge in [-0.25, -0.2) is 10.2 Å². The number of carbonyl (C=O) groups excluding carboxylic acids is 2. The molecule has 1 N–H and O–H groups in total. The van der Waals surface area contributed by atoms with Crippen LogP contribution in [-0.4, -0.2) is 31.8 Å². The zero-order chi connectivity index (χ0) is 23.8. The van der Waals surface area contributed by atoms with Crippen molar-refractivity contribution in [1.82, 2.24) is 5.43 Å². The van der Waals surface area contributed by atoms with Gasteiger partial charge in [0.25, 0.3) is 5.91 Å². The van der Waals surface area contributed by atoms with Gasteiger partial charge in [0.15, 0.2) is 0 Å². The first-order valence-corrected chi connectivity index (χ1v) is 11.4. The third kappa shape index (κ3) is 6.66. The van der Waals surface area contributed by atoms with Crippen LogP contribution in [0.15, 0.2) is 74.7 Å². The van der Waals surface area contributed by atoms with Crippen molar-refractivity contribution in [2.45, 2.75) is 6.92 Å². The predicted molar refractivity (Wildman–Crippen MR) is 132 cm³/mol. The minimum atomic E-state index is -0.533. The van der Waals surface area contributed by atoms with E-state index in [1.165, 1.54) is 6.21 Å². The summed E-state index contributed by atoms with van der Waals surface area (Å²) in [7, 11) is 1.55. The monoisotopic (exact) mass is 574 g/mol. The lowest BCUT2D eigenvalue weighted by molar-refractivity contribution is 0.0734. The third-order valence-electron chi connectivity index (χ3n) is 4.36. The average Bonchev–Trinajstić information content (AvgIpc) is 2.82. The van der Waals surface area contributed by atoms with Gasteiger partial charge in [0.05, 0.1) is 31.1 Å². The summed E-state index contributed by atoms with van der Waals surface area (Å²) in [5.41, 5.74) is 3.67. The second-order valence-corrected chi connectivity index (χ2v) is 8.40. The highest BCUT2D eigenvalue weighted by atomic mass is 79.9. The topological polar surface area (TPSA) is 86.2 Å². The van der Waals surface area contributed by atoms with Crippen molar-refractivity contribution in [3.63, 3.8) is 0 Å². The van der Waals surface area contributed by atoms with E-state index >= 15 is 0 Å². The highest BCUT2D eigenvalue weighted by Gasteiger charge is 2.14. The molecule has 1 amide bonds. The van der Waals surface area contributed by atoms with Gasteiger partial charge in [-0.15, -0.1) is 0 Å². The predicted octanol–water partition coefficient (Wildman–Crippen LogP) is 5.60. The number of hydrogen-bond acceptors (Lipinski definition) is 6. The van der Waals surface area contributed by atoms with Crippen LogP contribution >= 0.6 is 31.9 Å². The maximum atomic E-state index is 12.6. The summed E-state index contributed by atoms with van der Waals surface area (Å²) in [6.07, 6.45) is 1.40. The van der Waals surface area contributed by atoms with Gasteiger partial charge in [-0.1, -0.05) is 31.9 Å². The van der Waals surface area contributed by atoms with Crippen LogP contribution in [0.25, 0.3) is 0 Å². The van der Waals surface area contributed by atoms with Crippen LogP contribution in [0.5, 0.6) is 17.2 Å². The number of nitrogens with one attached hydrogen (secondary N) is 1. The lowest BCUT2D eigenvalue weighted by Crippen LogP contribution is -2.19. The van der Waals surface area contributed by atoms with Crippen LogP contribution in [0.1, 0.15) is 33.2 Å². The number of rotatable bonds is 8. The van der Waals surface area contributed by atoms with Crippen LogP contribution in [0, 0.1) is 0 Å². The molecule has 0 bridgehead atoms. The highest BCUT2D eigenvalue weighted by molar-refractivity contribution is 9.10. The van der Waals surface area contributed by atoms with Gasteiger partial charge in [0, 0.05) is 14.5 Å². The van der Waals surface area contributed by atoms with Crippen molar-refractivity contribution in [2.24, 2.45) is 5.10 Å². The molecule has 3 aromatic rings. The average molecular weight is 576 g/mol. The van der Waals surface area contributed by atoms with Crippen molar-refractivity contribution < 1.29 is 23.8 Å². The van der Waals surface area contributed by atoms with E-state index in [1.54, 1.807) is 67.8 Å². The Morgan fingerprint density at radius 3 is 2.30 bits per heavy atom. The number of esters is 1. The van der Waals surface area contributed by atoms with Crippen LogP contribution in [0.3, 0.4) is 0 Å². The zero-order valence-corrected chi connectivity index (χ0v) is 21.0. The van der Waals surface area contributed by atoms with E-state index in [4.69, 9.17) is 14.2 Å². The molecule has 0 saturated carbocycles. The van der Waals surface area contributed by atoms with Gasteiger partial charge in [-0.05, 0) is 67.6 Å². The number of methoxy groups -OCH3 is 1. The van der Waals surface area contributed by atoms with Crippen molar-refractivity contribution in [3.05, 3.63) is 86.3 Å². The van der Waals surface area contributed by atoms with Crippen LogP contribution in [0.2, 0.25) is 0 Å². The maximum absolute atomic E-state index is 12.6. The van der Waals surface area contributed by atoms with Crippen LogP contribution in [-0.2, 0) is 0 Å². The van der Waals surface area contributed by atoms with Crippen molar-refractivity contribution >= 4 is 50.0 Å². The summed E-state index contributed by atoms with van der Waals surface area (Å²) in [4.78, 5) is 25.2. The van der Waals surface area contributed by atoms with E-state index < -0.39 is 11.9 Å². The minimum Gasteiger partial charge on any atom is -0.497 e. The molecule has 0 fully saturated rings. The molecule has 0 heterocycles. The molecular weight excluding hydrogens is 556 g/mol. The van der Waals surface area contributed by atoms with Crippen LogP contribution < -0.4 is 19.6 Å². The summed E-state index contributed by atoms with van der Waals surface area (Å²) < 4.78 is 17.6. The summed E-state index contributed by atoms with van der Waals surface area (Å²) in [5, 5.41) is 4.03. The number of ether oxygens (including phenoxy) is 3. The van der Waals surface area contributed by atoms with Gasteiger partial charge in [0.1, 0.15) is 17.2 Å². The standard InChI is InChI=1S/C24H20Br2N2O5/c1-3-32-22-11-7-18(26)13-20(22)23(29)28-27-14-16-12-17(25)6-10-21(16)33-24(30)15-4-8-19(31-2)9-5-15/h4-14H,3H2,1-2H3,(H,28,29)/b27-14-. The number of hydrazone groups is 1. The number of halogens is 2. The zero-order valence-electron chi connectivity index (χ0n) is 17.8. The Labute approximate surface area is 208 Å². The number of nitrogens with zero attached hydrogens (tertiary/aromatic N) is 1. The van der Waals surface area contributed by atoms with E-state index in [1.807, 2.05) is 6.92 Å². The lowest BCUT2D eigenvalue weighted by atomic mass is 10.2. The molecule has 0 unspecified atom stereocenters. The molecule has 0 radical (unpaired) electrons. The first-order valence-electron chi connectivity index (χ1n) is 9.82. The molecular formula is C24H20Br2N2O5. The van der Waals surface area contributed by atoms with E-state index in [9.17, 15) is 9.59 Å². The smallest absolute Gasteiger partial charge is 0.343 e. The van der Waals surface area contributed by atoms with Crippen molar-refractivity contribution in [2.75, 3.05) is 13.7 Å². The molecule has 0 atom stereocenters. The molecule has 7 nitrogen and oxygen atoms in total. The minimum absolute atomic E-state index is 0.287. The van der Waals surface area contributed by atoms with Crippen LogP contribution in [0.4, 0.5) is 0 Å². The molecule has 0 aromatic heterocycles. The molecule has 9 heteroatoms. The molecule has 3 aromatic carbocycles. The van der Waals surface area contributed by atoms with Gasteiger partial charge >= 0.3 is 5.97 Å². The number of carbonyl (C=O) groups is 2. The second-order valence-electron chi connectivity index (χ2n) is 6.57. The molecule has 3 rings (SSSR count). The Morgan fingerprint density at radius 1 is 0.970 bits per heavy atom. The fraction of sp³-hybridized carbons (Fsp3) is 0.125. The molecule has 0 saturated heterocycles. The first-order chi connectivity index (χ1) is 15.9. The summed E-state index contributed by atoms with van der Waals surface area (Å²) in [6, 6.07) is 16.8. The normalized spacial score (nSPS) is 10.7. The molecule has 0 aliphatic heterocycles. The molecule has 0 aliphatic rings. The largest absolute Gasteiger partial charge is 0.497 e. The maximum Gasteiger partial charge on any atom is 0.343 e. The summed E-state index contributed by atoms with van der Waals surface area (Å²) in [6.45, 7) is 2.26. The Bertz CT molecular complexity index is 1180. The molecule has 0 aliphatic carbocycles. The van der Waals surface area contributed by atoms with Crippen molar-refractivity contribution in [1.29, 1.82) is 0 Å². The first kappa shape index (κ1) is 24.5. The van der Waals surface area contributed by atoms with E-state index in [0.717, 1.165) is 8.95 Å². The molecule has 170 valence electrons. The third-order valence-corrected chi connectivity index (χ3v) is 5.34. The molecule has 33 heavy (non-hydrogen) atoms. The Hall–Kier alpha value is -3.17. The van der Waals surface area contributed by atoms with E-state index in [2.05, 4.69) is 42.4 Å². The fourth-order valence-electron chi connectivity index (χ4n) is 2.78. The number of amides is 1. The van der Waals surface area contributed by atoms with Crippen molar-refractivity contribution in [3.8, 4) is 17.2 Å². The lowest BCUT2D eigenvalue weighted by Gasteiger charge is -2.10. The summed E-state index contributed by atoms with van der Waals surface area (Å²) in [5.74, 6) is 0.396. The van der Waals surface area contributed by atoms with Gasteiger partial charge in [0.2, 0.25) is 0 Å². The van der Waals surface area contributed by atoms with E-state index in [-0.39, 0.29) is 5.75 Å².